The van der Waals surface area contributed by atoms with Gasteiger partial charge in [-0.25, -0.2) is 9.18 Å². The second kappa shape index (κ2) is 8.78. The first-order valence-corrected chi connectivity index (χ1v) is 8.44. The van der Waals surface area contributed by atoms with Crippen LogP contribution in [0.2, 0.25) is 0 Å². The highest BCUT2D eigenvalue weighted by Gasteiger charge is 2.26. The number of anilines is 1. The van der Waals surface area contributed by atoms with Gasteiger partial charge in [0.2, 0.25) is 0 Å². The number of nitrogens with zero attached hydrogens (tertiary/aromatic N) is 1. The maximum atomic E-state index is 13.7. The number of rotatable bonds is 8. The first-order chi connectivity index (χ1) is 11.3. The van der Waals surface area contributed by atoms with Crippen molar-refractivity contribution in [2.45, 2.75) is 34.6 Å². The Kier molecular flexibility index (Phi) is 7.35. The molecule has 0 aromatic heterocycles. The summed E-state index contributed by atoms with van der Waals surface area (Å²) < 4.78 is 19.3. The number of carbonyl (C=O) groups is 2. The van der Waals surface area contributed by atoms with Gasteiger partial charge < -0.3 is 14.5 Å². The van der Waals surface area contributed by atoms with E-state index in [2.05, 4.69) is 5.32 Å². The van der Waals surface area contributed by atoms with E-state index in [1.165, 1.54) is 6.07 Å². The van der Waals surface area contributed by atoms with Crippen molar-refractivity contribution in [1.82, 2.24) is 0 Å². The molecule has 0 aliphatic heterocycles. The molecule has 5 nitrogen and oxygen atoms in total. The number of carbonyl (C=O) groups excluding carboxylic acids is 2. The molecule has 1 amide bonds. The summed E-state index contributed by atoms with van der Waals surface area (Å²) in [6.45, 7) is 12.5. The summed E-state index contributed by atoms with van der Waals surface area (Å²) in [6.07, 6.45) is 0. The molecule has 0 bridgehead atoms. The van der Waals surface area contributed by atoms with Crippen LogP contribution in [0.3, 0.4) is 0 Å². The summed E-state index contributed by atoms with van der Waals surface area (Å²) in [5.41, 5.74) is 0.862. The van der Waals surface area contributed by atoms with Crippen molar-refractivity contribution < 1.29 is 23.2 Å². The van der Waals surface area contributed by atoms with Gasteiger partial charge in [-0.2, -0.15) is 0 Å². The first kappa shape index (κ1) is 20.1. The van der Waals surface area contributed by atoms with Crippen molar-refractivity contribution in [2.75, 3.05) is 38.1 Å². The molecule has 6 heteroatoms. The highest BCUT2D eigenvalue weighted by atomic mass is 19.1. The number of quaternary nitrogens is 1. The molecule has 0 atom stereocenters. The van der Waals surface area contributed by atoms with Crippen molar-refractivity contribution in [3.8, 4) is 0 Å². The molecule has 134 valence electrons. The molecule has 0 aliphatic carbocycles. The normalized spacial score (nSPS) is 11.2. The third-order valence-corrected chi connectivity index (χ3v) is 4.55. The summed E-state index contributed by atoms with van der Waals surface area (Å²) in [6, 6.07) is 2.39. The molecule has 0 fully saturated rings. The van der Waals surface area contributed by atoms with Crippen LogP contribution >= 0.6 is 0 Å². The number of likely N-dealkylation sites (N-methyl/N-ethyl adjacent to an activating group) is 1. The lowest BCUT2D eigenvalue weighted by Gasteiger charge is -2.35. The molecular weight excluding hydrogens is 311 g/mol. The molecule has 0 unspecified atom stereocenters. The van der Waals surface area contributed by atoms with E-state index in [9.17, 15) is 14.0 Å². The molecule has 0 aliphatic rings. The predicted molar refractivity (Wildman–Crippen MR) is 92.5 cm³/mol. The molecule has 0 radical (unpaired) electrons. The lowest BCUT2D eigenvalue weighted by atomic mass is 10.1. The molecule has 1 N–H and O–H groups in total. The number of amides is 1. The Labute approximate surface area is 143 Å². The second-order valence-electron chi connectivity index (χ2n) is 5.86. The molecular formula is C18H28FN2O3+. The first-order valence-electron chi connectivity index (χ1n) is 8.44. The number of nitrogens with one attached hydrogen (secondary N) is 1. The van der Waals surface area contributed by atoms with Crippen LogP contribution in [0.5, 0.6) is 0 Å². The van der Waals surface area contributed by atoms with Crippen LogP contribution in [0.25, 0.3) is 0 Å². The minimum atomic E-state index is -0.641. The summed E-state index contributed by atoms with van der Waals surface area (Å²) >= 11 is 0. The number of esters is 1. The fourth-order valence-electron chi connectivity index (χ4n) is 2.77. The average molecular weight is 339 g/mol. The Balaban J connectivity index is 3.09. The quantitative estimate of drug-likeness (QED) is 0.585. The summed E-state index contributed by atoms with van der Waals surface area (Å²) in [5, 5.41) is 2.78. The number of hydrogen-bond acceptors (Lipinski definition) is 3. The Bertz CT molecular complexity index is 590. The number of ether oxygens (including phenoxy) is 1. The van der Waals surface area contributed by atoms with Crippen LogP contribution in [0.1, 0.15) is 43.6 Å². The number of hydrogen-bond donors (Lipinski definition) is 1. The largest absolute Gasteiger partial charge is 0.462 e. The summed E-state index contributed by atoms with van der Waals surface area (Å²) in [5.74, 6) is -1.37. The van der Waals surface area contributed by atoms with Gasteiger partial charge in [0.25, 0.3) is 5.91 Å². The van der Waals surface area contributed by atoms with Crippen LogP contribution in [0.15, 0.2) is 12.1 Å². The van der Waals surface area contributed by atoms with E-state index in [0.29, 0.717) is 22.3 Å². The Morgan fingerprint density at radius 2 is 1.71 bits per heavy atom. The molecule has 0 saturated heterocycles. The van der Waals surface area contributed by atoms with Crippen molar-refractivity contribution in [3.63, 3.8) is 0 Å². The SMILES string of the molecule is CCOC(=O)c1cc(F)cc(C)c1NC(=O)C[N+](CC)(CC)CC. The van der Waals surface area contributed by atoms with Gasteiger partial charge in [-0.15, -0.1) is 0 Å². The topological polar surface area (TPSA) is 55.4 Å². The second-order valence-corrected chi connectivity index (χ2v) is 5.86. The fraction of sp³-hybridized carbons (Fsp3) is 0.556. The highest BCUT2D eigenvalue weighted by Crippen LogP contribution is 2.24. The van der Waals surface area contributed by atoms with Gasteiger partial charge in [0.15, 0.2) is 6.54 Å². The van der Waals surface area contributed by atoms with Crippen molar-refractivity contribution in [2.24, 2.45) is 0 Å². The van der Waals surface area contributed by atoms with Crippen LogP contribution in [-0.4, -0.2) is 49.1 Å². The molecule has 0 spiro atoms. The van der Waals surface area contributed by atoms with E-state index in [-0.39, 0.29) is 18.1 Å². The van der Waals surface area contributed by atoms with Gasteiger partial charge in [0.05, 0.1) is 37.5 Å². The molecule has 0 heterocycles. The maximum absolute atomic E-state index is 13.7. The average Bonchev–Trinajstić information content (AvgIpc) is 2.55. The molecule has 1 rings (SSSR count). The lowest BCUT2D eigenvalue weighted by molar-refractivity contribution is -0.915. The van der Waals surface area contributed by atoms with Crippen LogP contribution in [0.4, 0.5) is 10.1 Å². The van der Waals surface area contributed by atoms with Crippen LogP contribution in [0, 0.1) is 12.7 Å². The monoisotopic (exact) mass is 339 g/mol. The zero-order chi connectivity index (χ0) is 18.3. The van der Waals surface area contributed by atoms with E-state index in [1.54, 1.807) is 13.8 Å². The number of benzene rings is 1. The predicted octanol–water partition coefficient (Wildman–Crippen LogP) is 3.13. The lowest BCUT2D eigenvalue weighted by Crippen LogP contribution is -2.52. The minimum Gasteiger partial charge on any atom is -0.462 e. The Morgan fingerprint density at radius 3 is 2.21 bits per heavy atom. The van der Waals surface area contributed by atoms with Crippen LogP contribution < -0.4 is 5.32 Å². The number of halogens is 1. The Hall–Kier alpha value is -1.95. The van der Waals surface area contributed by atoms with E-state index < -0.39 is 11.8 Å². The highest BCUT2D eigenvalue weighted by molar-refractivity contribution is 6.02. The minimum absolute atomic E-state index is 0.0466. The van der Waals surface area contributed by atoms with Gasteiger partial charge in [-0.05, 0) is 52.3 Å². The standard InChI is InChI=1S/C18H27FN2O3/c1-6-21(7-2,8-3)12-16(22)20-17-13(5)10-14(19)11-15(17)18(23)24-9-4/h10-11H,6-9,12H2,1-5H3/p+1. The van der Waals surface area contributed by atoms with E-state index in [0.717, 1.165) is 25.7 Å². The zero-order valence-corrected chi connectivity index (χ0v) is 15.2. The number of aryl methyl sites for hydroxylation is 1. The third kappa shape index (κ3) is 4.77. The molecule has 24 heavy (non-hydrogen) atoms. The molecule has 0 saturated carbocycles. The van der Waals surface area contributed by atoms with Gasteiger partial charge in [0.1, 0.15) is 5.82 Å². The van der Waals surface area contributed by atoms with Crippen molar-refractivity contribution >= 4 is 17.6 Å². The zero-order valence-electron chi connectivity index (χ0n) is 15.2. The van der Waals surface area contributed by atoms with Gasteiger partial charge in [-0.1, -0.05) is 0 Å². The summed E-state index contributed by atoms with van der Waals surface area (Å²) in [4.78, 5) is 24.6. The summed E-state index contributed by atoms with van der Waals surface area (Å²) in [7, 11) is 0. The molecule has 1 aromatic rings. The van der Waals surface area contributed by atoms with E-state index in [1.807, 2.05) is 20.8 Å². The fourth-order valence-corrected chi connectivity index (χ4v) is 2.77. The van der Waals surface area contributed by atoms with Gasteiger partial charge >= 0.3 is 5.97 Å². The Morgan fingerprint density at radius 1 is 1.12 bits per heavy atom. The van der Waals surface area contributed by atoms with Gasteiger partial charge in [0, 0.05) is 0 Å². The van der Waals surface area contributed by atoms with E-state index in [4.69, 9.17) is 4.74 Å². The van der Waals surface area contributed by atoms with Crippen molar-refractivity contribution in [1.29, 1.82) is 0 Å². The third-order valence-electron chi connectivity index (χ3n) is 4.55. The smallest absolute Gasteiger partial charge is 0.340 e. The maximum Gasteiger partial charge on any atom is 0.340 e. The van der Waals surface area contributed by atoms with Crippen LogP contribution in [-0.2, 0) is 9.53 Å². The molecule has 1 aromatic carbocycles. The van der Waals surface area contributed by atoms with Crippen molar-refractivity contribution in [3.05, 3.63) is 29.1 Å². The van der Waals surface area contributed by atoms with E-state index >= 15 is 0 Å². The van der Waals surface area contributed by atoms with Gasteiger partial charge in [-0.3, -0.25) is 4.79 Å².